The van der Waals surface area contributed by atoms with E-state index in [1.807, 2.05) is 28.8 Å². The first-order valence-electron chi connectivity index (χ1n) is 11.4. The largest absolute Gasteiger partial charge is 0.369 e. The third-order valence-electron chi connectivity index (χ3n) is 6.61. The van der Waals surface area contributed by atoms with Gasteiger partial charge in [0.15, 0.2) is 11.2 Å². The summed E-state index contributed by atoms with van der Waals surface area (Å²) in [4.78, 5) is 35.0. The van der Waals surface area contributed by atoms with Gasteiger partial charge < -0.3 is 9.47 Å². The maximum atomic E-state index is 13.3. The molecule has 4 aromatic rings. The van der Waals surface area contributed by atoms with Crippen LogP contribution in [-0.2, 0) is 27.2 Å². The van der Waals surface area contributed by atoms with E-state index in [0.29, 0.717) is 24.3 Å². The van der Waals surface area contributed by atoms with Crippen molar-refractivity contribution < 1.29 is 4.39 Å². The molecule has 1 fully saturated rings. The zero-order chi connectivity index (χ0) is 24.7. The van der Waals surface area contributed by atoms with Crippen molar-refractivity contribution in [3.05, 3.63) is 91.0 Å². The Morgan fingerprint density at radius 3 is 2.20 bits per heavy atom. The van der Waals surface area contributed by atoms with Crippen LogP contribution < -0.4 is 16.1 Å². The number of hydrogen-bond donors (Lipinski definition) is 0. The van der Waals surface area contributed by atoms with Gasteiger partial charge in [0.25, 0.3) is 5.56 Å². The van der Waals surface area contributed by atoms with Crippen molar-refractivity contribution in [1.29, 1.82) is 0 Å². The summed E-state index contributed by atoms with van der Waals surface area (Å²) in [7, 11) is 3.14. The first kappa shape index (κ1) is 23.5. The van der Waals surface area contributed by atoms with Crippen molar-refractivity contribution >= 4 is 32.8 Å². The van der Waals surface area contributed by atoms with Gasteiger partial charge in [0.2, 0.25) is 0 Å². The van der Waals surface area contributed by atoms with Gasteiger partial charge in [-0.05, 0) is 42.0 Å². The summed E-state index contributed by atoms with van der Waals surface area (Å²) in [5.74, 6) is 0.508. The van der Waals surface area contributed by atoms with E-state index in [2.05, 4.69) is 25.7 Å². The van der Waals surface area contributed by atoms with Gasteiger partial charge in [0, 0.05) is 57.0 Å². The molecule has 0 amide bonds. The molecule has 0 bridgehead atoms. The van der Waals surface area contributed by atoms with E-state index < -0.39 is 5.69 Å². The predicted octanol–water partition coefficient (Wildman–Crippen LogP) is 2.71. The van der Waals surface area contributed by atoms with Crippen LogP contribution in [-0.4, -0.2) is 49.8 Å². The lowest BCUT2D eigenvalue weighted by atomic mass is 10.2. The Morgan fingerprint density at radius 2 is 1.54 bits per heavy atom. The minimum Gasteiger partial charge on any atom is -0.369 e. The average Bonchev–Trinajstić information content (AvgIpc) is 3.21. The lowest BCUT2D eigenvalue weighted by Gasteiger charge is -2.36. The van der Waals surface area contributed by atoms with E-state index in [9.17, 15) is 14.0 Å². The van der Waals surface area contributed by atoms with E-state index in [1.165, 1.54) is 23.7 Å². The molecule has 10 heteroatoms. The number of fused-ring (bicyclic) bond motifs is 1. The second-order valence-electron chi connectivity index (χ2n) is 8.86. The molecule has 3 heterocycles. The average molecular weight is 541 g/mol. The second kappa shape index (κ2) is 9.43. The van der Waals surface area contributed by atoms with Gasteiger partial charge in [0.05, 0.1) is 6.54 Å². The normalized spacial score (nSPS) is 14.7. The van der Waals surface area contributed by atoms with Gasteiger partial charge in [-0.1, -0.05) is 28.1 Å². The van der Waals surface area contributed by atoms with Crippen molar-refractivity contribution in [2.45, 2.75) is 13.1 Å². The van der Waals surface area contributed by atoms with Crippen molar-refractivity contribution in [3.63, 3.8) is 0 Å². The summed E-state index contributed by atoms with van der Waals surface area (Å²) in [5, 5.41) is 0. The van der Waals surface area contributed by atoms with E-state index in [4.69, 9.17) is 4.98 Å². The molecule has 0 aliphatic carbocycles. The van der Waals surface area contributed by atoms with Crippen LogP contribution in [0.15, 0.2) is 62.6 Å². The molecule has 0 atom stereocenters. The predicted molar refractivity (Wildman–Crippen MR) is 137 cm³/mol. The summed E-state index contributed by atoms with van der Waals surface area (Å²) in [6.45, 7) is 4.24. The summed E-state index contributed by atoms with van der Waals surface area (Å²) in [6, 6.07) is 14.5. The fraction of sp³-hybridized carbons (Fsp3) is 0.320. The number of benzene rings is 2. The van der Waals surface area contributed by atoms with Crippen molar-refractivity contribution in [3.8, 4) is 0 Å². The summed E-state index contributed by atoms with van der Waals surface area (Å²) in [6.07, 6.45) is 0. The SMILES string of the molecule is Cn1c(=O)c2c(nc(CN3CCN(c4ccc(F)cc4)CC3)n2Cc2ccc(Br)cc2)n(C)c1=O. The number of rotatable bonds is 5. The van der Waals surface area contributed by atoms with E-state index in [-0.39, 0.29) is 11.4 Å². The topological polar surface area (TPSA) is 68.3 Å². The molecular formula is C25H26BrFN6O2. The third-order valence-corrected chi connectivity index (χ3v) is 7.14. The second-order valence-corrected chi connectivity index (χ2v) is 9.77. The first-order chi connectivity index (χ1) is 16.8. The molecule has 1 aliphatic heterocycles. The number of aryl methyl sites for hydroxylation is 1. The van der Waals surface area contributed by atoms with Crippen LogP contribution in [0.2, 0.25) is 0 Å². The fourth-order valence-corrected chi connectivity index (χ4v) is 4.84. The van der Waals surface area contributed by atoms with Crippen LogP contribution in [0.1, 0.15) is 11.4 Å². The van der Waals surface area contributed by atoms with Gasteiger partial charge in [-0.15, -0.1) is 0 Å². The lowest BCUT2D eigenvalue weighted by Crippen LogP contribution is -2.46. The molecule has 2 aromatic heterocycles. The number of nitrogens with zero attached hydrogens (tertiary/aromatic N) is 6. The third kappa shape index (κ3) is 4.55. The number of imidazole rings is 1. The summed E-state index contributed by atoms with van der Waals surface area (Å²) < 4.78 is 18.8. The highest BCUT2D eigenvalue weighted by atomic mass is 79.9. The molecule has 0 spiro atoms. The Labute approximate surface area is 210 Å². The van der Waals surface area contributed by atoms with Crippen LogP contribution in [0, 0.1) is 5.82 Å². The van der Waals surface area contributed by atoms with Crippen LogP contribution in [0.25, 0.3) is 11.2 Å². The minimum absolute atomic E-state index is 0.238. The Balaban J connectivity index is 1.46. The first-order valence-corrected chi connectivity index (χ1v) is 12.2. The summed E-state index contributed by atoms with van der Waals surface area (Å²) in [5.41, 5.74) is 2.13. The van der Waals surface area contributed by atoms with Crippen LogP contribution in [0.5, 0.6) is 0 Å². The molecule has 0 unspecified atom stereocenters. The molecule has 0 saturated carbocycles. The number of hydrogen-bond acceptors (Lipinski definition) is 5. The zero-order valence-electron chi connectivity index (χ0n) is 19.6. The molecule has 1 saturated heterocycles. The number of anilines is 1. The van der Waals surface area contributed by atoms with Crippen molar-refractivity contribution in [1.82, 2.24) is 23.6 Å². The van der Waals surface area contributed by atoms with Crippen molar-refractivity contribution in [2.75, 3.05) is 31.1 Å². The highest BCUT2D eigenvalue weighted by Crippen LogP contribution is 2.20. The number of halogens is 2. The van der Waals surface area contributed by atoms with Crippen LogP contribution in [0.4, 0.5) is 10.1 Å². The molecular weight excluding hydrogens is 515 g/mol. The smallest absolute Gasteiger partial charge is 0.332 e. The molecule has 5 rings (SSSR count). The van der Waals surface area contributed by atoms with E-state index >= 15 is 0 Å². The zero-order valence-corrected chi connectivity index (χ0v) is 21.2. The maximum Gasteiger partial charge on any atom is 0.332 e. The van der Waals surface area contributed by atoms with Gasteiger partial charge in [-0.3, -0.25) is 18.8 Å². The van der Waals surface area contributed by atoms with Crippen LogP contribution in [0.3, 0.4) is 0 Å². The molecule has 1 aliphatic rings. The fourth-order valence-electron chi connectivity index (χ4n) is 4.57. The van der Waals surface area contributed by atoms with Crippen LogP contribution >= 0.6 is 15.9 Å². The van der Waals surface area contributed by atoms with Gasteiger partial charge in [-0.2, -0.15) is 0 Å². The number of aromatic nitrogens is 4. The Kier molecular flexibility index (Phi) is 6.33. The monoisotopic (exact) mass is 540 g/mol. The molecule has 2 aromatic carbocycles. The minimum atomic E-state index is -0.393. The molecule has 8 nitrogen and oxygen atoms in total. The van der Waals surface area contributed by atoms with Gasteiger partial charge in [0.1, 0.15) is 11.6 Å². The number of piperazine rings is 1. The Morgan fingerprint density at radius 1 is 0.886 bits per heavy atom. The van der Waals surface area contributed by atoms with E-state index in [1.54, 1.807) is 19.2 Å². The molecule has 35 heavy (non-hydrogen) atoms. The van der Waals surface area contributed by atoms with Crippen molar-refractivity contribution in [2.24, 2.45) is 14.1 Å². The van der Waals surface area contributed by atoms with Gasteiger partial charge in [-0.25, -0.2) is 14.2 Å². The Bertz CT molecular complexity index is 1480. The van der Waals surface area contributed by atoms with E-state index in [0.717, 1.165) is 52.3 Å². The lowest BCUT2D eigenvalue weighted by molar-refractivity contribution is 0.241. The molecule has 0 radical (unpaired) electrons. The maximum absolute atomic E-state index is 13.3. The summed E-state index contributed by atoms with van der Waals surface area (Å²) >= 11 is 3.47. The quantitative estimate of drug-likeness (QED) is 0.389. The highest BCUT2D eigenvalue weighted by Gasteiger charge is 2.23. The standard InChI is InChI=1S/C25H26BrFN6O2/c1-29-23-22(24(34)30(2)25(29)35)33(15-17-3-5-18(26)6-4-17)21(28-23)16-31-11-13-32(14-12-31)20-9-7-19(27)8-10-20/h3-10H,11-16H2,1-2H3. The highest BCUT2D eigenvalue weighted by molar-refractivity contribution is 9.10. The Hall–Kier alpha value is -3.24. The van der Waals surface area contributed by atoms with Gasteiger partial charge >= 0.3 is 5.69 Å². The molecule has 0 N–H and O–H groups in total. The molecule has 182 valence electrons.